The fourth-order valence-electron chi connectivity index (χ4n) is 2.19. The molecule has 2 N–H and O–H groups in total. The van der Waals surface area contributed by atoms with E-state index >= 15 is 0 Å². The first kappa shape index (κ1) is 13.6. The summed E-state index contributed by atoms with van der Waals surface area (Å²) in [4.78, 5) is 0. The van der Waals surface area contributed by atoms with E-state index in [4.69, 9.17) is 5.73 Å². The second-order valence-electron chi connectivity index (χ2n) is 5.12. The lowest BCUT2D eigenvalue weighted by atomic mass is 9.87. The highest BCUT2D eigenvalue weighted by Crippen LogP contribution is 2.17. The summed E-state index contributed by atoms with van der Waals surface area (Å²) >= 11 is 2.32. The molecule has 0 aromatic heterocycles. The molecule has 18 heavy (non-hydrogen) atoms. The summed E-state index contributed by atoms with van der Waals surface area (Å²) in [5, 5.41) is 0. The van der Waals surface area contributed by atoms with E-state index < -0.39 is 0 Å². The van der Waals surface area contributed by atoms with E-state index in [2.05, 4.69) is 78.0 Å². The van der Waals surface area contributed by atoms with Crippen molar-refractivity contribution in [3.05, 3.63) is 69.3 Å². The van der Waals surface area contributed by atoms with Gasteiger partial charge in [0.2, 0.25) is 0 Å². The van der Waals surface area contributed by atoms with Crippen LogP contribution < -0.4 is 5.73 Å². The van der Waals surface area contributed by atoms with Gasteiger partial charge in [0, 0.05) is 9.11 Å². The van der Waals surface area contributed by atoms with Crippen LogP contribution in [-0.2, 0) is 12.8 Å². The molecular weight excluding hydrogens is 333 g/mol. The van der Waals surface area contributed by atoms with Gasteiger partial charge in [0.15, 0.2) is 0 Å². The quantitative estimate of drug-likeness (QED) is 0.834. The highest BCUT2D eigenvalue weighted by atomic mass is 127. The van der Waals surface area contributed by atoms with E-state index in [1.165, 1.54) is 14.7 Å². The number of hydrogen-bond donors (Lipinski definition) is 1. The normalized spacial score (nSPS) is 14.2. The Morgan fingerprint density at radius 2 is 1.39 bits per heavy atom. The average Bonchev–Trinajstić information content (AvgIpc) is 2.32. The summed E-state index contributed by atoms with van der Waals surface area (Å²) in [6, 6.07) is 19.0. The topological polar surface area (TPSA) is 26.0 Å². The standard InChI is InChI=1S/C16H18IN/c1-16(18,11-13-5-3-2-4-6-13)12-14-7-9-15(17)10-8-14/h2-10H,11-12,18H2,1H3. The van der Waals surface area contributed by atoms with Crippen LogP contribution in [0.3, 0.4) is 0 Å². The van der Waals surface area contributed by atoms with E-state index in [-0.39, 0.29) is 5.54 Å². The fraction of sp³-hybridized carbons (Fsp3) is 0.250. The molecule has 94 valence electrons. The number of nitrogens with two attached hydrogens (primary N) is 1. The molecule has 0 aliphatic heterocycles. The molecule has 2 rings (SSSR count). The minimum atomic E-state index is -0.200. The maximum absolute atomic E-state index is 6.42. The zero-order valence-electron chi connectivity index (χ0n) is 10.6. The number of rotatable bonds is 4. The Bertz CT molecular complexity index is 488. The Kier molecular flexibility index (Phi) is 4.40. The molecule has 0 spiro atoms. The lowest BCUT2D eigenvalue weighted by Gasteiger charge is -2.25. The van der Waals surface area contributed by atoms with Gasteiger partial charge in [-0.3, -0.25) is 0 Å². The van der Waals surface area contributed by atoms with Gasteiger partial charge < -0.3 is 5.73 Å². The fourth-order valence-corrected chi connectivity index (χ4v) is 2.55. The maximum atomic E-state index is 6.42. The predicted octanol–water partition coefficient (Wildman–Crippen LogP) is 3.79. The van der Waals surface area contributed by atoms with Crippen LogP contribution in [0.4, 0.5) is 0 Å². The van der Waals surface area contributed by atoms with Crippen molar-refractivity contribution in [1.29, 1.82) is 0 Å². The van der Waals surface area contributed by atoms with Crippen molar-refractivity contribution in [3.8, 4) is 0 Å². The minimum Gasteiger partial charge on any atom is -0.325 e. The lowest BCUT2D eigenvalue weighted by Crippen LogP contribution is -2.40. The minimum absolute atomic E-state index is 0.200. The van der Waals surface area contributed by atoms with Gasteiger partial charge in [-0.05, 0) is 65.6 Å². The zero-order chi connectivity index (χ0) is 13.0. The Labute approximate surface area is 123 Å². The molecule has 2 heteroatoms. The van der Waals surface area contributed by atoms with Crippen LogP contribution >= 0.6 is 22.6 Å². The van der Waals surface area contributed by atoms with Gasteiger partial charge in [-0.25, -0.2) is 0 Å². The number of benzene rings is 2. The van der Waals surface area contributed by atoms with Crippen LogP contribution in [0.15, 0.2) is 54.6 Å². The Hall–Kier alpha value is -0.870. The molecule has 0 bridgehead atoms. The van der Waals surface area contributed by atoms with Crippen LogP contribution in [0.5, 0.6) is 0 Å². The summed E-state index contributed by atoms with van der Waals surface area (Å²) in [7, 11) is 0. The highest BCUT2D eigenvalue weighted by molar-refractivity contribution is 14.1. The highest BCUT2D eigenvalue weighted by Gasteiger charge is 2.19. The van der Waals surface area contributed by atoms with Gasteiger partial charge >= 0.3 is 0 Å². The van der Waals surface area contributed by atoms with E-state index in [1.54, 1.807) is 0 Å². The molecule has 0 saturated carbocycles. The molecule has 2 aromatic carbocycles. The van der Waals surface area contributed by atoms with E-state index in [0.717, 1.165) is 12.8 Å². The van der Waals surface area contributed by atoms with Crippen molar-refractivity contribution in [2.45, 2.75) is 25.3 Å². The molecule has 0 fully saturated rings. The zero-order valence-corrected chi connectivity index (χ0v) is 12.7. The van der Waals surface area contributed by atoms with Gasteiger partial charge in [0.1, 0.15) is 0 Å². The third-order valence-corrected chi connectivity index (χ3v) is 3.69. The van der Waals surface area contributed by atoms with Crippen molar-refractivity contribution in [3.63, 3.8) is 0 Å². The van der Waals surface area contributed by atoms with Crippen LogP contribution in [-0.4, -0.2) is 5.54 Å². The molecule has 0 aliphatic carbocycles. The first-order chi connectivity index (χ1) is 8.55. The second kappa shape index (κ2) is 5.85. The van der Waals surface area contributed by atoms with Crippen molar-refractivity contribution in [2.24, 2.45) is 5.73 Å². The van der Waals surface area contributed by atoms with Crippen LogP contribution in [0.1, 0.15) is 18.1 Å². The molecule has 1 atom stereocenters. The van der Waals surface area contributed by atoms with Gasteiger partial charge in [-0.1, -0.05) is 42.5 Å². The van der Waals surface area contributed by atoms with Crippen LogP contribution in [0.2, 0.25) is 0 Å². The summed E-state index contributed by atoms with van der Waals surface area (Å²) in [6.07, 6.45) is 1.80. The van der Waals surface area contributed by atoms with Gasteiger partial charge in [-0.2, -0.15) is 0 Å². The maximum Gasteiger partial charge on any atom is 0.0207 e. The third-order valence-electron chi connectivity index (χ3n) is 2.97. The monoisotopic (exact) mass is 351 g/mol. The summed E-state index contributed by atoms with van der Waals surface area (Å²) in [5.74, 6) is 0. The van der Waals surface area contributed by atoms with Crippen molar-refractivity contribution in [1.82, 2.24) is 0 Å². The molecule has 2 aromatic rings. The third kappa shape index (κ3) is 4.10. The largest absolute Gasteiger partial charge is 0.325 e. The smallest absolute Gasteiger partial charge is 0.0207 e. The summed E-state index contributed by atoms with van der Waals surface area (Å²) < 4.78 is 1.26. The molecule has 1 unspecified atom stereocenters. The van der Waals surface area contributed by atoms with E-state index in [1.807, 2.05) is 6.07 Å². The van der Waals surface area contributed by atoms with E-state index in [0.29, 0.717) is 0 Å². The predicted molar refractivity (Wildman–Crippen MR) is 85.6 cm³/mol. The Morgan fingerprint density at radius 1 is 0.889 bits per heavy atom. The average molecular weight is 351 g/mol. The van der Waals surface area contributed by atoms with E-state index in [9.17, 15) is 0 Å². The van der Waals surface area contributed by atoms with Gasteiger partial charge in [-0.15, -0.1) is 0 Å². The van der Waals surface area contributed by atoms with Gasteiger partial charge in [0.05, 0.1) is 0 Å². The summed E-state index contributed by atoms with van der Waals surface area (Å²) in [5.41, 5.74) is 8.82. The van der Waals surface area contributed by atoms with Crippen molar-refractivity contribution >= 4 is 22.6 Å². The van der Waals surface area contributed by atoms with Crippen LogP contribution in [0, 0.1) is 3.57 Å². The Balaban J connectivity index is 2.05. The first-order valence-corrected chi connectivity index (χ1v) is 7.20. The lowest BCUT2D eigenvalue weighted by molar-refractivity contribution is 0.463. The SMILES string of the molecule is CC(N)(Cc1ccccc1)Cc1ccc(I)cc1. The number of halogens is 1. The molecule has 0 heterocycles. The van der Waals surface area contributed by atoms with Gasteiger partial charge in [0.25, 0.3) is 0 Å². The Morgan fingerprint density at radius 3 is 1.94 bits per heavy atom. The number of hydrogen-bond acceptors (Lipinski definition) is 1. The summed E-state index contributed by atoms with van der Waals surface area (Å²) in [6.45, 7) is 2.12. The molecular formula is C16H18IN. The van der Waals surface area contributed by atoms with Crippen molar-refractivity contribution < 1.29 is 0 Å². The second-order valence-corrected chi connectivity index (χ2v) is 6.37. The molecule has 0 amide bonds. The molecule has 1 nitrogen and oxygen atoms in total. The van der Waals surface area contributed by atoms with Crippen molar-refractivity contribution in [2.75, 3.05) is 0 Å². The van der Waals surface area contributed by atoms with Crippen LogP contribution in [0.25, 0.3) is 0 Å². The molecule has 0 radical (unpaired) electrons. The molecule has 0 aliphatic rings. The molecule has 0 saturated heterocycles. The first-order valence-electron chi connectivity index (χ1n) is 6.12.